The van der Waals surface area contributed by atoms with E-state index in [0.717, 1.165) is 35.8 Å². The third-order valence-electron chi connectivity index (χ3n) is 4.94. The molecule has 0 bridgehead atoms. The topological polar surface area (TPSA) is 49.4 Å². The number of nitrogens with zero attached hydrogens (tertiary/aromatic N) is 1. The predicted molar refractivity (Wildman–Crippen MR) is 97.6 cm³/mol. The molecule has 24 heavy (non-hydrogen) atoms. The summed E-state index contributed by atoms with van der Waals surface area (Å²) in [6.45, 7) is 2.04. The second kappa shape index (κ2) is 8.56. The van der Waals surface area contributed by atoms with Crippen molar-refractivity contribution < 1.29 is 9.59 Å². The molecule has 2 fully saturated rings. The maximum absolute atomic E-state index is 12.0. The van der Waals surface area contributed by atoms with Crippen LogP contribution in [0.15, 0.2) is 24.3 Å². The van der Waals surface area contributed by atoms with Gasteiger partial charge in [-0.1, -0.05) is 30.7 Å². The van der Waals surface area contributed by atoms with E-state index in [2.05, 4.69) is 11.4 Å². The molecule has 4 nitrogen and oxygen atoms in total. The van der Waals surface area contributed by atoms with Crippen molar-refractivity contribution in [2.24, 2.45) is 5.92 Å². The Morgan fingerprint density at radius 2 is 2.00 bits per heavy atom. The summed E-state index contributed by atoms with van der Waals surface area (Å²) in [5, 5.41) is 3.02. The van der Waals surface area contributed by atoms with Gasteiger partial charge in [-0.05, 0) is 42.1 Å². The van der Waals surface area contributed by atoms with Crippen LogP contribution in [-0.4, -0.2) is 34.8 Å². The summed E-state index contributed by atoms with van der Waals surface area (Å²) in [7, 11) is 0. The smallest absolute Gasteiger partial charge is 0.230 e. The SMILES string of the molecule is O=C(CSCC1CCC1)NCc1ccccc1CN1CCCC1=O. The lowest BCUT2D eigenvalue weighted by atomic mass is 9.87. The van der Waals surface area contributed by atoms with Crippen LogP contribution in [0.2, 0.25) is 0 Å². The summed E-state index contributed by atoms with van der Waals surface area (Å²) in [4.78, 5) is 25.7. The van der Waals surface area contributed by atoms with Crippen molar-refractivity contribution in [3.63, 3.8) is 0 Å². The van der Waals surface area contributed by atoms with Crippen LogP contribution in [0.25, 0.3) is 0 Å². The van der Waals surface area contributed by atoms with Gasteiger partial charge in [0.05, 0.1) is 5.75 Å². The number of hydrogen-bond donors (Lipinski definition) is 1. The average molecular weight is 346 g/mol. The minimum Gasteiger partial charge on any atom is -0.351 e. The molecule has 1 saturated carbocycles. The van der Waals surface area contributed by atoms with E-state index < -0.39 is 0 Å². The molecule has 0 spiro atoms. The lowest BCUT2D eigenvalue weighted by molar-refractivity contribution is -0.128. The Morgan fingerprint density at radius 1 is 1.21 bits per heavy atom. The monoisotopic (exact) mass is 346 g/mol. The predicted octanol–water partition coefficient (Wildman–Crippen LogP) is 2.96. The highest BCUT2D eigenvalue weighted by Crippen LogP contribution is 2.29. The van der Waals surface area contributed by atoms with E-state index in [-0.39, 0.29) is 11.8 Å². The first-order chi connectivity index (χ1) is 11.7. The summed E-state index contributed by atoms with van der Waals surface area (Å²) in [5.74, 6) is 2.83. The Labute approximate surface area is 148 Å². The second-order valence-electron chi connectivity index (χ2n) is 6.78. The molecule has 1 aliphatic carbocycles. The summed E-state index contributed by atoms with van der Waals surface area (Å²) in [6, 6.07) is 8.08. The third-order valence-corrected chi connectivity index (χ3v) is 6.11. The van der Waals surface area contributed by atoms with E-state index in [4.69, 9.17) is 0 Å². The maximum atomic E-state index is 12.0. The first-order valence-electron chi connectivity index (χ1n) is 8.91. The van der Waals surface area contributed by atoms with Crippen LogP contribution in [0.3, 0.4) is 0 Å². The molecule has 2 amide bonds. The fourth-order valence-electron chi connectivity index (χ4n) is 3.18. The molecular weight excluding hydrogens is 320 g/mol. The van der Waals surface area contributed by atoms with E-state index in [0.29, 0.717) is 25.3 Å². The molecule has 3 rings (SSSR count). The number of nitrogens with one attached hydrogen (secondary N) is 1. The molecule has 1 heterocycles. The van der Waals surface area contributed by atoms with Gasteiger partial charge in [0.25, 0.3) is 0 Å². The van der Waals surface area contributed by atoms with Gasteiger partial charge < -0.3 is 10.2 Å². The fourth-order valence-corrected chi connectivity index (χ4v) is 4.26. The Balaban J connectivity index is 1.45. The zero-order valence-electron chi connectivity index (χ0n) is 14.1. The standard InChI is InChI=1S/C19H26N2O2S/c22-18(14-24-13-15-5-3-6-15)20-11-16-7-1-2-8-17(16)12-21-10-4-9-19(21)23/h1-2,7-8,15H,3-6,9-14H2,(H,20,22). The summed E-state index contributed by atoms with van der Waals surface area (Å²) in [5.41, 5.74) is 2.24. The zero-order valence-corrected chi connectivity index (χ0v) is 14.9. The van der Waals surface area contributed by atoms with E-state index in [1.165, 1.54) is 19.3 Å². The molecule has 1 aliphatic heterocycles. The van der Waals surface area contributed by atoms with Gasteiger partial charge in [0.1, 0.15) is 0 Å². The summed E-state index contributed by atoms with van der Waals surface area (Å²) < 4.78 is 0. The molecule has 0 aromatic heterocycles. The highest BCUT2D eigenvalue weighted by Gasteiger charge is 2.21. The number of carbonyl (C=O) groups is 2. The molecule has 1 saturated heterocycles. The van der Waals surface area contributed by atoms with E-state index >= 15 is 0 Å². The Morgan fingerprint density at radius 3 is 2.67 bits per heavy atom. The highest BCUT2D eigenvalue weighted by molar-refractivity contribution is 7.99. The third kappa shape index (κ3) is 4.76. The van der Waals surface area contributed by atoms with Crippen LogP contribution in [0.4, 0.5) is 0 Å². The van der Waals surface area contributed by atoms with Gasteiger partial charge in [0, 0.05) is 26.1 Å². The fraction of sp³-hybridized carbons (Fsp3) is 0.579. The number of likely N-dealkylation sites (tertiary alicyclic amines) is 1. The van der Waals surface area contributed by atoms with Gasteiger partial charge >= 0.3 is 0 Å². The normalized spacial score (nSPS) is 17.8. The van der Waals surface area contributed by atoms with Gasteiger partial charge in [-0.3, -0.25) is 9.59 Å². The molecule has 2 aliphatic rings. The van der Waals surface area contributed by atoms with Crippen LogP contribution >= 0.6 is 11.8 Å². The van der Waals surface area contributed by atoms with Crippen LogP contribution in [-0.2, 0) is 22.7 Å². The molecule has 1 aromatic carbocycles. The lowest BCUT2D eigenvalue weighted by Crippen LogP contribution is -2.28. The van der Waals surface area contributed by atoms with E-state index in [1.807, 2.05) is 23.1 Å². The first-order valence-corrected chi connectivity index (χ1v) is 10.1. The van der Waals surface area contributed by atoms with Gasteiger partial charge in [-0.25, -0.2) is 0 Å². The average Bonchev–Trinajstić information content (AvgIpc) is 2.94. The minimum absolute atomic E-state index is 0.103. The highest BCUT2D eigenvalue weighted by atomic mass is 32.2. The minimum atomic E-state index is 0.103. The number of carbonyl (C=O) groups excluding carboxylic acids is 2. The molecule has 130 valence electrons. The zero-order chi connectivity index (χ0) is 16.8. The first kappa shape index (κ1) is 17.3. The Kier molecular flexibility index (Phi) is 6.18. The molecule has 0 radical (unpaired) electrons. The van der Waals surface area contributed by atoms with Crippen molar-refractivity contribution >= 4 is 23.6 Å². The Hall–Kier alpha value is -1.49. The number of amides is 2. The van der Waals surface area contributed by atoms with Gasteiger partial charge in [-0.2, -0.15) is 11.8 Å². The van der Waals surface area contributed by atoms with Crippen LogP contribution in [0.5, 0.6) is 0 Å². The van der Waals surface area contributed by atoms with E-state index in [9.17, 15) is 9.59 Å². The molecule has 0 unspecified atom stereocenters. The van der Waals surface area contributed by atoms with Crippen molar-refractivity contribution in [1.29, 1.82) is 0 Å². The number of benzene rings is 1. The largest absolute Gasteiger partial charge is 0.351 e. The lowest BCUT2D eigenvalue weighted by Gasteiger charge is -2.24. The molecule has 5 heteroatoms. The summed E-state index contributed by atoms with van der Waals surface area (Å²) >= 11 is 1.75. The maximum Gasteiger partial charge on any atom is 0.230 e. The molecular formula is C19H26N2O2S. The number of hydrogen-bond acceptors (Lipinski definition) is 3. The van der Waals surface area contributed by atoms with Crippen LogP contribution in [0.1, 0.15) is 43.2 Å². The van der Waals surface area contributed by atoms with Crippen molar-refractivity contribution in [2.45, 2.75) is 45.2 Å². The van der Waals surface area contributed by atoms with Crippen molar-refractivity contribution in [3.8, 4) is 0 Å². The van der Waals surface area contributed by atoms with Crippen molar-refractivity contribution in [1.82, 2.24) is 10.2 Å². The van der Waals surface area contributed by atoms with Crippen LogP contribution in [0, 0.1) is 5.92 Å². The van der Waals surface area contributed by atoms with Gasteiger partial charge in [0.2, 0.25) is 11.8 Å². The summed E-state index contributed by atoms with van der Waals surface area (Å²) in [6.07, 6.45) is 5.63. The Bertz CT molecular complexity index is 586. The molecule has 1 N–H and O–H groups in total. The van der Waals surface area contributed by atoms with Crippen molar-refractivity contribution in [3.05, 3.63) is 35.4 Å². The van der Waals surface area contributed by atoms with Crippen molar-refractivity contribution in [2.75, 3.05) is 18.1 Å². The van der Waals surface area contributed by atoms with Crippen LogP contribution < -0.4 is 5.32 Å². The quantitative estimate of drug-likeness (QED) is 0.787. The molecule has 1 aromatic rings. The van der Waals surface area contributed by atoms with Gasteiger partial charge in [-0.15, -0.1) is 0 Å². The number of thioether (sulfide) groups is 1. The van der Waals surface area contributed by atoms with E-state index in [1.54, 1.807) is 11.8 Å². The number of rotatable bonds is 8. The molecule has 0 atom stereocenters. The van der Waals surface area contributed by atoms with Gasteiger partial charge in [0.15, 0.2) is 0 Å². The second-order valence-corrected chi connectivity index (χ2v) is 7.81.